The quantitative estimate of drug-likeness (QED) is 0.711. The summed E-state index contributed by atoms with van der Waals surface area (Å²) in [7, 11) is -3.37. The number of carbonyl (C=O) groups excluding carboxylic acids is 1. The van der Waals surface area contributed by atoms with Gasteiger partial charge in [-0.15, -0.1) is 0 Å². The number of sulfonamides is 1. The minimum Gasteiger partial charge on any atom is -0.384 e. The number of anilines is 1. The smallest absolute Gasteiger partial charge is 0.237 e. The molecule has 0 spiro atoms. The van der Waals surface area contributed by atoms with Gasteiger partial charge in [0.15, 0.2) is 0 Å². The maximum Gasteiger partial charge on any atom is 0.237 e. The Morgan fingerprint density at radius 3 is 3.04 bits per heavy atom. The van der Waals surface area contributed by atoms with Crippen LogP contribution in [0.15, 0.2) is 18.3 Å². The van der Waals surface area contributed by atoms with Crippen LogP contribution in [0.4, 0.5) is 5.82 Å². The third kappa shape index (κ3) is 6.12. The Balaban J connectivity index is 1.82. The summed E-state index contributed by atoms with van der Waals surface area (Å²) in [5.74, 6) is 0.243. The number of hydrogen-bond donors (Lipinski definition) is 2. The highest BCUT2D eigenvalue weighted by Crippen LogP contribution is 2.13. The van der Waals surface area contributed by atoms with Crippen molar-refractivity contribution >= 4 is 21.7 Å². The minimum absolute atomic E-state index is 0.0691. The number of carbonyl (C=O) groups is 1. The zero-order chi connectivity index (χ0) is 16.9. The number of amides is 1. The predicted molar refractivity (Wildman–Crippen MR) is 86.1 cm³/mol. The number of nitrogens with two attached hydrogens (primary N) is 1. The normalized spacial score (nSPS) is 18.8. The summed E-state index contributed by atoms with van der Waals surface area (Å²) in [4.78, 5) is 17.6. The van der Waals surface area contributed by atoms with Crippen molar-refractivity contribution in [3.8, 4) is 0 Å². The van der Waals surface area contributed by atoms with Crippen LogP contribution in [0.25, 0.3) is 0 Å². The largest absolute Gasteiger partial charge is 0.384 e. The van der Waals surface area contributed by atoms with Crippen molar-refractivity contribution < 1.29 is 17.9 Å². The number of ether oxygens (including phenoxy) is 1. The van der Waals surface area contributed by atoms with Gasteiger partial charge in [-0.25, -0.2) is 18.1 Å². The summed E-state index contributed by atoms with van der Waals surface area (Å²) < 4.78 is 30.0. The van der Waals surface area contributed by atoms with Crippen LogP contribution in [0, 0.1) is 0 Å². The van der Waals surface area contributed by atoms with Crippen molar-refractivity contribution in [2.45, 2.75) is 18.9 Å². The van der Waals surface area contributed by atoms with Crippen molar-refractivity contribution in [2.24, 2.45) is 0 Å². The van der Waals surface area contributed by atoms with Crippen LogP contribution in [0.3, 0.4) is 0 Å². The number of aromatic nitrogens is 1. The first-order valence-electron chi connectivity index (χ1n) is 7.38. The third-order valence-corrected chi connectivity index (χ3v) is 4.25. The molecule has 1 amide bonds. The van der Waals surface area contributed by atoms with E-state index in [1.54, 1.807) is 11.1 Å². The molecule has 2 heterocycles. The van der Waals surface area contributed by atoms with Crippen LogP contribution < -0.4 is 10.5 Å². The zero-order valence-corrected chi connectivity index (χ0v) is 13.9. The summed E-state index contributed by atoms with van der Waals surface area (Å²) in [6.07, 6.45) is 4.16. The second kappa shape index (κ2) is 7.71. The van der Waals surface area contributed by atoms with Gasteiger partial charge >= 0.3 is 0 Å². The summed E-state index contributed by atoms with van der Waals surface area (Å²) in [5.41, 5.74) is 6.72. The van der Waals surface area contributed by atoms with Gasteiger partial charge in [0.05, 0.1) is 25.5 Å². The van der Waals surface area contributed by atoms with E-state index >= 15 is 0 Å². The van der Waals surface area contributed by atoms with Gasteiger partial charge < -0.3 is 15.4 Å². The number of aryl methyl sites for hydroxylation is 1. The monoisotopic (exact) mass is 342 g/mol. The van der Waals surface area contributed by atoms with Crippen LogP contribution in [0.2, 0.25) is 0 Å². The number of rotatable bonds is 6. The Morgan fingerprint density at radius 2 is 2.35 bits per heavy atom. The van der Waals surface area contributed by atoms with Crippen molar-refractivity contribution in [2.75, 3.05) is 38.2 Å². The first kappa shape index (κ1) is 17.6. The molecule has 1 atom stereocenters. The molecule has 0 bridgehead atoms. The van der Waals surface area contributed by atoms with E-state index in [0.717, 1.165) is 24.7 Å². The fourth-order valence-electron chi connectivity index (χ4n) is 2.40. The SMILES string of the molecule is CS(=O)(=O)NCC(=O)N1CCO[C@@H](CCc2ccnc(N)c2)C1. The molecule has 1 fully saturated rings. The second-order valence-corrected chi connectivity index (χ2v) is 7.39. The molecule has 1 saturated heterocycles. The standard InChI is InChI=1S/C14H22N4O4S/c1-23(20,21)17-9-14(19)18-6-7-22-12(10-18)3-2-11-4-5-16-13(15)8-11/h4-5,8,12,17H,2-3,6-7,9-10H2,1H3,(H2,15,16)/t12-/m0/s1. The topological polar surface area (TPSA) is 115 Å². The fraction of sp³-hybridized carbons (Fsp3) is 0.571. The van der Waals surface area contributed by atoms with E-state index in [1.807, 2.05) is 12.1 Å². The third-order valence-electron chi connectivity index (χ3n) is 3.58. The molecular weight excluding hydrogens is 320 g/mol. The number of hydrogen-bond acceptors (Lipinski definition) is 6. The lowest BCUT2D eigenvalue weighted by molar-refractivity contribution is -0.137. The molecule has 9 heteroatoms. The minimum atomic E-state index is -3.37. The molecule has 128 valence electrons. The molecule has 1 aliphatic rings. The zero-order valence-electron chi connectivity index (χ0n) is 13.1. The van der Waals surface area contributed by atoms with Crippen LogP contribution in [-0.2, 0) is 26.0 Å². The highest BCUT2D eigenvalue weighted by molar-refractivity contribution is 7.88. The highest BCUT2D eigenvalue weighted by Gasteiger charge is 2.24. The molecule has 3 N–H and O–H groups in total. The number of pyridine rings is 1. The average molecular weight is 342 g/mol. The number of nitrogen functional groups attached to an aromatic ring is 1. The van der Waals surface area contributed by atoms with Gasteiger partial charge in [-0.3, -0.25) is 4.79 Å². The van der Waals surface area contributed by atoms with Gasteiger partial charge in [0, 0.05) is 19.3 Å². The summed E-state index contributed by atoms with van der Waals surface area (Å²) in [6.45, 7) is 1.17. The number of nitrogens with zero attached hydrogens (tertiary/aromatic N) is 2. The van der Waals surface area contributed by atoms with E-state index in [0.29, 0.717) is 25.5 Å². The molecule has 1 aliphatic heterocycles. The summed E-state index contributed by atoms with van der Waals surface area (Å²) >= 11 is 0. The lowest BCUT2D eigenvalue weighted by Crippen LogP contribution is -2.49. The molecule has 0 aliphatic carbocycles. The maximum atomic E-state index is 12.0. The van der Waals surface area contributed by atoms with Crippen LogP contribution in [-0.4, -0.2) is 62.8 Å². The summed E-state index contributed by atoms with van der Waals surface area (Å²) in [6, 6.07) is 3.72. The van der Waals surface area contributed by atoms with Crippen molar-refractivity contribution in [3.63, 3.8) is 0 Å². The van der Waals surface area contributed by atoms with Gasteiger partial charge in [-0.05, 0) is 30.5 Å². The number of nitrogens with one attached hydrogen (secondary N) is 1. The van der Waals surface area contributed by atoms with E-state index in [4.69, 9.17) is 10.5 Å². The molecule has 2 rings (SSSR count). The predicted octanol–water partition coefficient (Wildman–Crippen LogP) is -0.627. The molecule has 1 aromatic rings. The van der Waals surface area contributed by atoms with Crippen LogP contribution >= 0.6 is 0 Å². The Labute approximate surface area is 136 Å². The van der Waals surface area contributed by atoms with Crippen molar-refractivity contribution in [1.29, 1.82) is 0 Å². The maximum absolute atomic E-state index is 12.0. The van der Waals surface area contributed by atoms with E-state index in [1.165, 1.54) is 0 Å². The van der Waals surface area contributed by atoms with Crippen LogP contribution in [0.5, 0.6) is 0 Å². The first-order valence-corrected chi connectivity index (χ1v) is 9.27. The first-order chi connectivity index (χ1) is 10.8. The molecule has 0 aromatic carbocycles. The number of morpholine rings is 1. The molecule has 23 heavy (non-hydrogen) atoms. The van der Waals surface area contributed by atoms with E-state index in [9.17, 15) is 13.2 Å². The molecule has 0 radical (unpaired) electrons. The lowest BCUT2D eigenvalue weighted by atomic mass is 10.1. The van der Waals surface area contributed by atoms with E-state index in [-0.39, 0.29) is 18.6 Å². The van der Waals surface area contributed by atoms with Crippen molar-refractivity contribution in [3.05, 3.63) is 23.9 Å². The van der Waals surface area contributed by atoms with Gasteiger partial charge in [0.25, 0.3) is 0 Å². The average Bonchev–Trinajstić information content (AvgIpc) is 2.50. The van der Waals surface area contributed by atoms with E-state index in [2.05, 4.69) is 9.71 Å². The van der Waals surface area contributed by atoms with Crippen molar-refractivity contribution in [1.82, 2.24) is 14.6 Å². The van der Waals surface area contributed by atoms with E-state index < -0.39 is 10.0 Å². The Morgan fingerprint density at radius 1 is 1.57 bits per heavy atom. The molecular formula is C14H22N4O4S. The highest BCUT2D eigenvalue weighted by atomic mass is 32.2. The molecule has 0 unspecified atom stereocenters. The Kier molecular flexibility index (Phi) is 5.91. The van der Waals surface area contributed by atoms with Gasteiger partial charge in [0.2, 0.25) is 15.9 Å². The Hall–Kier alpha value is -1.71. The Bertz CT molecular complexity index is 650. The van der Waals surface area contributed by atoms with Gasteiger partial charge in [0.1, 0.15) is 5.82 Å². The molecule has 8 nitrogen and oxygen atoms in total. The van der Waals surface area contributed by atoms with Gasteiger partial charge in [-0.2, -0.15) is 0 Å². The van der Waals surface area contributed by atoms with Gasteiger partial charge in [-0.1, -0.05) is 0 Å². The fourth-order valence-corrected chi connectivity index (χ4v) is 2.79. The molecule has 0 saturated carbocycles. The lowest BCUT2D eigenvalue weighted by Gasteiger charge is -2.33. The van der Waals surface area contributed by atoms with Crippen LogP contribution in [0.1, 0.15) is 12.0 Å². The second-order valence-electron chi connectivity index (χ2n) is 5.55. The summed E-state index contributed by atoms with van der Waals surface area (Å²) in [5, 5.41) is 0. The molecule has 1 aromatic heterocycles.